The van der Waals surface area contributed by atoms with Gasteiger partial charge in [0.1, 0.15) is 5.82 Å². The van der Waals surface area contributed by atoms with Crippen molar-refractivity contribution in [3.63, 3.8) is 0 Å². The van der Waals surface area contributed by atoms with Crippen molar-refractivity contribution in [2.75, 3.05) is 18.8 Å². The minimum Gasteiger partial charge on any atom is -0.384 e. The number of hydrogen-bond acceptors (Lipinski definition) is 5. The lowest BCUT2D eigenvalue weighted by Crippen LogP contribution is -2.26. The number of nitrogens with two attached hydrogens (primary N) is 2. The second-order valence-electron chi connectivity index (χ2n) is 2.45. The third-order valence-corrected chi connectivity index (χ3v) is 1.39. The summed E-state index contributed by atoms with van der Waals surface area (Å²) < 4.78 is 0. The monoisotopic (exact) mass is 209 g/mol. The standard InChI is InChI=1S/C5H6N2.C3H7N3.C2H6/c6-5-3-1-2-4-7-5;4-3-5-1-2-6-3;1-2/h1-4H,(H2,6,7);1-2H2,(H3,4,5,6);1-2H3. The predicted octanol–water partition coefficient (Wildman–Crippen LogP) is 0.594. The van der Waals surface area contributed by atoms with Crippen LogP contribution in [0, 0.1) is 0 Å². The van der Waals surface area contributed by atoms with Crippen molar-refractivity contribution in [3.05, 3.63) is 24.4 Å². The quantitative estimate of drug-likeness (QED) is 0.583. The van der Waals surface area contributed by atoms with Gasteiger partial charge in [0.15, 0.2) is 5.96 Å². The van der Waals surface area contributed by atoms with Crippen LogP contribution >= 0.6 is 0 Å². The highest BCUT2D eigenvalue weighted by molar-refractivity contribution is 5.79. The fourth-order valence-electron chi connectivity index (χ4n) is 0.792. The Hall–Kier alpha value is -1.78. The zero-order valence-corrected chi connectivity index (χ0v) is 9.27. The second kappa shape index (κ2) is 8.80. The van der Waals surface area contributed by atoms with Crippen LogP contribution in [-0.2, 0) is 0 Å². The summed E-state index contributed by atoms with van der Waals surface area (Å²) >= 11 is 0. The van der Waals surface area contributed by atoms with E-state index < -0.39 is 0 Å². The first-order valence-electron chi connectivity index (χ1n) is 4.99. The molecule has 0 amide bonds. The maximum absolute atomic E-state index is 5.25. The van der Waals surface area contributed by atoms with Crippen LogP contribution in [-0.4, -0.2) is 24.0 Å². The van der Waals surface area contributed by atoms with E-state index in [1.165, 1.54) is 0 Å². The minimum atomic E-state index is 0.572. The number of nitrogens with zero attached hydrogens (tertiary/aromatic N) is 2. The first-order valence-corrected chi connectivity index (χ1v) is 4.99. The Morgan fingerprint density at radius 1 is 1.27 bits per heavy atom. The van der Waals surface area contributed by atoms with Crippen molar-refractivity contribution in [1.29, 1.82) is 0 Å². The van der Waals surface area contributed by atoms with Crippen molar-refractivity contribution >= 4 is 11.8 Å². The fourth-order valence-corrected chi connectivity index (χ4v) is 0.792. The molecule has 0 aliphatic carbocycles. The van der Waals surface area contributed by atoms with E-state index in [9.17, 15) is 0 Å². The van der Waals surface area contributed by atoms with E-state index in [-0.39, 0.29) is 0 Å². The van der Waals surface area contributed by atoms with Crippen molar-refractivity contribution < 1.29 is 0 Å². The van der Waals surface area contributed by atoms with Gasteiger partial charge in [0.2, 0.25) is 0 Å². The van der Waals surface area contributed by atoms with E-state index in [1.807, 2.05) is 26.0 Å². The molecular formula is C10H19N5. The Labute approximate surface area is 90.6 Å². The number of nitrogens with one attached hydrogen (secondary N) is 1. The van der Waals surface area contributed by atoms with Gasteiger partial charge in [-0.1, -0.05) is 19.9 Å². The topological polar surface area (TPSA) is 89.3 Å². The van der Waals surface area contributed by atoms with Crippen LogP contribution in [0.25, 0.3) is 0 Å². The smallest absolute Gasteiger partial charge is 0.188 e. The Balaban J connectivity index is 0.000000227. The molecule has 0 bridgehead atoms. The highest BCUT2D eigenvalue weighted by atomic mass is 15.1. The Morgan fingerprint density at radius 3 is 2.20 bits per heavy atom. The Kier molecular flexibility index (Phi) is 7.76. The molecule has 0 atom stereocenters. The summed E-state index contributed by atoms with van der Waals surface area (Å²) in [7, 11) is 0. The molecule has 0 unspecified atom stereocenters. The van der Waals surface area contributed by atoms with Crippen LogP contribution in [0.3, 0.4) is 0 Å². The van der Waals surface area contributed by atoms with Gasteiger partial charge in [-0.25, -0.2) is 4.98 Å². The molecule has 15 heavy (non-hydrogen) atoms. The maximum atomic E-state index is 5.25. The third-order valence-electron chi connectivity index (χ3n) is 1.39. The molecule has 5 N–H and O–H groups in total. The molecule has 0 saturated heterocycles. The summed E-state index contributed by atoms with van der Waals surface area (Å²) in [6.07, 6.45) is 1.66. The van der Waals surface area contributed by atoms with E-state index in [4.69, 9.17) is 11.5 Å². The predicted molar refractivity (Wildman–Crippen MR) is 64.5 cm³/mol. The van der Waals surface area contributed by atoms with Crippen molar-refractivity contribution in [2.45, 2.75) is 13.8 Å². The van der Waals surface area contributed by atoms with Gasteiger partial charge >= 0.3 is 0 Å². The number of pyridine rings is 1. The summed E-state index contributed by atoms with van der Waals surface area (Å²) in [5, 5.41) is 2.85. The molecule has 0 fully saturated rings. The molecule has 1 aromatic rings. The molecule has 2 heterocycles. The summed E-state index contributed by atoms with van der Waals surface area (Å²) in [6, 6.07) is 5.43. The van der Waals surface area contributed by atoms with Gasteiger partial charge in [0.05, 0.1) is 6.54 Å². The van der Waals surface area contributed by atoms with E-state index in [0.29, 0.717) is 11.8 Å². The van der Waals surface area contributed by atoms with Crippen LogP contribution < -0.4 is 16.8 Å². The van der Waals surface area contributed by atoms with E-state index in [0.717, 1.165) is 13.1 Å². The van der Waals surface area contributed by atoms with Gasteiger partial charge in [-0.15, -0.1) is 0 Å². The number of aliphatic imine (C=N–C) groups is 1. The average molecular weight is 209 g/mol. The van der Waals surface area contributed by atoms with Crippen molar-refractivity contribution in [2.24, 2.45) is 10.7 Å². The molecule has 0 saturated carbocycles. The second-order valence-corrected chi connectivity index (χ2v) is 2.45. The lowest BCUT2D eigenvalue weighted by molar-refractivity contribution is 0.957. The lowest BCUT2D eigenvalue weighted by Gasteiger charge is -1.85. The first kappa shape index (κ1) is 13.2. The Bertz CT molecular complexity index is 270. The van der Waals surface area contributed by atoms with Gasteiger partial charge in [-0.2, -0.15) is 0 Å². The molecular weight excluding hydrogens is 190 g/mol. The van der Waals surface area contributed by atoms with Gasteiger partial charge in [-0.05, 0) is 12.1 Å². The normalized spacial score (nSPS) is 12.3. The Morgan fingerprint density at radius 2 is 2.00 bits per heavy atom. The lowest BCUT2D eigenvalue weighted by atomic mass is 10.5. The van der Waals surface area contributed by atoms with Crippen LogP contribution in [0.5, 0.6) is 0 Å². The largest absolute Gasteiger partial charge is 0.384 e. The summed E-state index contributed by atoms with van der Waals surface area (Å²) in [4.78, 5) is 7.58. The van der Waals surface area contributed by atoms with E-state index in [1.54, 1.807) is 12.3 Å². The summed E-state index contributed by atoms with van der Waals surface area (Å²) in [5.74, 6) is 1.15. The number of anilines is 1. The van der Waals surface area contributed by atoms with Gasteiger partial charge < -0.3 is 16.8 Å². The number of guanidine groups is 1. The third kappa shape index (κ3) is 7.30. The molecule has 5 heteroatoms. The van der Waals surface area contributed by atoms with Gasteiger partial charge in [-0.3, -0.25) is 4.99 Å². The minimum absolute atomic E-state index is 0.572. The number of aromatic nitrogens is 1. The SMILES string of the molecule is CC.NC1=NCCN1.Nc1ccccn1. The zero-order valence-electron chi connectivity index (χ0n) is 9.27. The zero-order chi connectivity index (χ0) is 11.5. The molecule has 0 radical (unpaired) electrons. The van der Waals surface area contributed by atoms with Crippen molar-refractivity contribution in [3.8, 4) is 0 Å². The average Bonchev–Trinajstić information content (AvgIpc) is 2.74. The molecule has 84 valence electrons. The van der Waals surface area contributed by atoms with Crippen LogP contribution in [0.1, 0.15) is 13.8 Å². The molecule has 1 aromatic heterocycles. The molecule has 0 spiro atoms. The summed E-state index contributed by atoms with van der Waals surface area (Å²) in [5.41, 5.74) is 10.4. The maximum Gasteiger partial charge on any atom is 0.188 e. The van der Waals surface area contributed by atoms with Crippen molar-refractivity contribution in [1.82, 2.24) is 10.3 Å². The number of nitrogen functional groups attached to an aromatic ring is 1. The highest BCUT2D eigenvalue weighted by Crippen LogP contribution is 1.89. The molecule has 2 rings (SSSR count). The molecule has 5 nitrogen and oxygen atoms in total. The molecule has 1 aliphatic rings. The first-order chi connectivity index (χ1) is 7.29. The molecule has 1 aliphatic heterocycles. The van der Waals surface area contributed by atoms with Crippen LogP contribution in [0.4, 0.5) is 5.82 Å². The van der Waals surface area contributed by atoms with Crippen LogP contribution in [0.2, 0.25) is 0 Å². The number of hydrogen-bond donors (Lipinski definition) is 3. The van der Waals surface area contributed by atoms with Crippen LogP contribution in [0.15, 0.2) is 29.4 Å². The van der Waals surface area contributed by atoms with Gasteiger partial charge in [0, 0.05) is 12.7 Å². The molecule has 0 aromatic carbocycles. The highest BCUT2D eigenvalue weighted by Gasteiger charge is 1.94. The fraction of sp³-hybridized carbons (Fsp3) is 0.400. The summed E-state index contributed by atoms with van der Waals surface area (Å²) in [6.45, 7) is 5.75. The van der Waals surface area contributed by atoms with E-state index in [2.05, 4.69) is 15.3 Å². The van der Waals surface area contributed by atoms with Gasteiger partial charge in [0.25, 0.3) is 0 Å². The number of rotatable bonds is 0. The van der Waals surface area contributed by atoms with E-state index >= 15 is 0 Å².